The van der Waals surface area contributed by atoms with Crippen LogP contribution in [0.25, 0.3) is 0 Å². The van der Waals surface area contributed by atoms with Crippen LogP contribution in [-0.4, -0.2) is 4.92 Å². The highest BCUT2D eigenvalue weighted by Gasteiger charge is 2.10. The van der Waals surface area contributed by atoms with Gasteiger partial charge in [-0.3, -0.25) is 10.1 Å². The van der Waals surface area contributed by atoms with Crippen molar-refractivity contribution in [2.24, 2.45) is 0 Å². The summed E-state index contributed by atoms with van der Waals surface area (Å²) in [4.78, 5) is 9.77. The molecule has 12 heavy (non-hydrogen) atoms. The van der Waals surface area contributed by atoms with Crippen LogP contribution >= 0.6 is 11.6 Å². The van der Waals surface area contributed by atoms with Gasteiger partial charge in [-0.1, -0.05) is 18.2 Å². The first-order valence-corrected chi connectivity index (χ1v) is 3.50. The lowest BCUT2D eigenvalue weighted by atomic mass is 10.2. The molecule has 0 bridgehead atoms. The highest BCUT2D eigenvalue weighted by molar-refractivity contribution is 6.32. The van der Waals surface area contributed by atoms with E-state index in [4.69, 9.17) is 11.6 Å². The van der Waals surface area contributed by atoms with Gasteiger partial charge in [0.05, 0.1) is 4.92 Å². The Bertz CT molecular complexity index is 336. The number of hydrogen-bond donors (Lipinski definition) is 0. The smallest absolute Gasteiger partial charge is 0.258 e. The van der Waals surface area contributed by atoms with Gasteiger partial charge in [0, 0.05) is 6.07 Å². The first-order valence-electron chi connectivity index (χ1n) is 3.12. The molecule has 0 N–H and O–H groups in total. The normalized spacial score (nSPS) is 9.42. The Kier molecular flexibility index (Phi) is 2.45. The summed E-state index contributed by atoms with van der Waals surface area (Å²) in [5.74, 6) is 0. The predicted molar refractivity (Wildman–Crippen MR) is 46.1 cm³/mol. The fraction of sp³-hybridized carbons (Fsp3) is 0. The van der Waals surface area contributed by atoms with Crippen LogP contribution in [0, 0.1) is 16.2 Å². The monoisotopic (exact) mass is 182 g/mol. The predicted octanol–water partition coefficient (Wildman–Crippen LogP) is 2.59. The van der Waals surface area contributed by atoms with Crippen molar-refractivity contribution in [2.45, 2.75) is 0 Å². The van der Waals surface area contributed by atoms with Gasteiger partial charge >= 0.3 is 0 Å². The van der Waals surface area contributed by atoms with Crippen LogP contribution in [0.4, 0.5) is 5.69 Å². The number of nitro groups is 1. The van der Waals surface area contributed by atoms with Crippen LogP contribution in [0.3, 0.4) is 0 Å². The first-order chi connectivity index (χ1) is 5.65. The summed E-state index contributed by atoms with van der Waals surface area (Å²) in [7, 11) is 0. The average Bonchev–Trinajstić information content (AvgIpc) is 2.03. The van der Waals surface area contributed by atoms with Crippen LogP contribution in [0.5, 0.6) is 0 Å². The van der Waals surface area contributed by atoms with E-state index in [0.29, 0.717) is 5.56 Å². The highest BCUT2D eigenvalue weighted by atomic mass is 35.5. The molecular formula is C8H5ClNO2. The molecule has 1 radical (unpaired) electrons. The van der Waals surface area contributed by atoms with Crippen molar-refractivity contribution in [1.29, 1.82) is 0 Å². The van der Waals surface area contributed by atoms with Crippen LogP contribution in [0.2, 0.25) is 5.02 Å². The molecule has 0 aliphatic carbocycles. The van der Waals surface area contributed by atoms with Crippen molar-refractivity contribution in [3.63, 3.8) is 0 Å². The molecule has 0 aliphatic rings. The second-order valence-electron chi connectivity index (χ2n) is 2.10. The average molecular weight is 183 g/mol. The molecule has 0 atom stereocenters. The van der Waals surface area contributed by atoms with E-state index in [1.165, 1.54) is 18.2 Å². The molecule has 0 aliphatic heterocycles. The van der Waals surface area contributed by atoms with Crippen LogP contribution in [0.1, 0.15) is 5.56 Å². The Morgan fingerprint density at radius 3 is 2.67 bits per heavy atom. The van der Waals surface area contributed by atoms with Crippen LogP contribution in [0.15, 0.2) is 24.8 Å². The highest BCUT2D eigenvalue weighted by Crippen LogP contribution is 2.24. The summed E-state index contributed by atoms with van der Waals surface area (Å²) < 4.78 is 0. The van der Waals surface area contributed by atoms with Crippen molar-refractivity contribution >= 4 is 17.3 Å². The largest absolute Gasteiger partial charge is 0.287 e. The molecule has 0 saturated carbocycles. The third kappa shape index (κ3) is 1.62. The molecule has 0 amide bonds. The lowest BCUT2D eigenvalue weighted by molar-refractivity contribution is -0.384. The van der Waals surface area contributed by atoms with Crippen molar-refractivity contribution in [3.8, 4) is 0 Å². The molecule has 0 saturated heterocycles. The molecule has 4 heteroatoms. The molecule has 0 aromatic heterocycles. The lowest BCUT2D eigenvalue weighted by Crippen LogP contribution is -1.88. The summed E-state index contributed by atoms with van der Waals surface area (Å²) in [5.41, 5.74) is 0.543. The maximum absolute atomic E-state index is 10.3. The van der Waals surface area contributed by atoms with E-state index in [1.807, 2.05) is 0 Å². The minimum atomic E-state index is -0.533. The van der Waals surface area contributed by atoms with Crippen molar-refractivity contribution in [2.75, 3.05) is 0 Å². The fourth-order valence-electron chi connectivity index (χ4n) is 0.765. The van der Waals surface area contributed by atoms with Crippen molar-refractivity contribution in [1.82, 2.24) is 0 Å². The topological polar surface area (TPSA) is 43.1 Å². The van der Waals surface area contributed by atoms with E-state index in [-0.39, 0.29) is 10.7 Å². The van der Waals surface area contributed by atoms with Crippen molar-refractivity contribution < 1.29 is 4.92 Å². The number of rotatable bonds is 2. The minimum absolute atomic E-state index is 0.101. The van der Waals surface area contributed by atoms with E-state index in [1.54, 1.807) is 0 Å². The number of nitrogens with zero attached hydrogens (tertiary/aromatic N) is 1. The zero-order valence-electron chi connectivity index (χ0n) is 6.08. The van der Waals surface area contributed by atoms with E-state index in [9.17, 15) is 10.1 Å². The molecular weight excluding hydrogens is 178 g/mol. The second-order valence-corrected chi connectivity index (χ2v) is 2.51. The maximum atomic E-state index is 10.3. The summed E-state index contributed by atoms with van der Waals surface area (Å²) in [6.07, 6.45) is 2.58. The van der Waals surface area contributed by atoms with Gasteiger partial charge in [-0.2, -0.15) is 0 Å². The Balaban J connectivity index is 3.20. The molecule has 61 valence electrons. The first kappa shape index (κ1) is 8.74. The third-order valence-corrected chi connectivity index (χ3v) is 1.65. The van der Waals surface area contributed by atoms with Gasteiger partial charge in [-0.25, -0.2) is 0 Å². The van der Waals surface area contributed by atoms with E-state index >= 15 is 0 Å². The number of hydrogen-bond acceptors (Lipinski definition) is 2. The number of halogens is 1. The fourth-order valence-corrected chi connectivity index (χ4v) is 1.01. The van der Waals surface area contributed by atoms with Gasteiger partial charge in [-0.05, 0) is 23.8 Å². The quantitative estimate of drug-likeness (QED) is 0.521. The molecule has 1 aromatic rings. The molecule has 0 spiro atoms. The van der Waals surface area contributed by atoms with Gasteiger partial charge < -0.3 is 0 Å². The van der Waals surface area contributed by atoms with Gasteiger partial charge in [0.25, 0.3) is 5.69 Å². The summed E-state index contributed by atoms with van der Waals surface area (Å²) >= 11 is 5.59. The second kappa shape index (κ2) is 3.36. The molecule has 3 nitrogen and oxygen atoms in total. The molecule has 0 fully saturated rings. The van der Waals surface area contributed by atoms with Gasteiger partial charge in [-0.15, -0.1) is 0 Å². The van der Waals surface area contributed by atoms with E-state index in [2.05, 4.69) is 12.7 Å². The zero-order valence-corrected chi connectivity index (χ0v) is 6.84. The Hall–Kier alpha value is -1.35. The minimum Gasteiger partial charge on any atom is -0.258 e. The van der Waals surface area contributed by atoms with E-state index < -0.39 is 4.92 Å². The Labute approximate surface area is 74.4 Å². The van der Waals surface area contributed by atoms with Gasteiger partial charge in [0.15, 0.2) is 0 Å². The number of benzene rings is 1. The summed E-state index contributed by atoms with van der Waals surface area (Å²) in [5, 5.41) is 10.4. The Morgan fingerprint density at radius 1 is 1.58 bits per heavy atom. The molecule has 0 heterocycles. The SMILES string of the molecule is C=[C]c1ccc([N+](=O)[O-])c(Cl)c1. The lowest BCUT2D eigenvalue weighted by Gasteiger charge is -1.95. The van der Waals surface area contributed by atoms with Crippen molar-refractivity contribution in [3.05, 3.63) is 51.6 Å². The van der Waals surface area contributed by atoms with E-state index in [0.717, 1.165) is 0 Å². The summed E-state index contributed by atoms with van der Waals surface area (Å²) in [6.45, 7) is 3.39. The molecule has 1 rings (SSSR count). The third-order valence-electron chi connectivity index (χ3n) is 1.35. The molecule has 1 aromatic carbocycles. The number of nitro benzene ring substituents is 1. The summed E-state index contributed by atoms with van der Waals surface area (Å²) in [6, 6.07) is 4.32. The maximum Gasteiger partial charge on any atom is 0.287 e. The Morgan fingerprint density at radius 2 is 2.25 bits per heavy atom. The van der Waals surface area contributed by atoms with Crippen LogP contribution in [-0.2, 0) is 0 Å². The van der Waals surface area contributed by atoms with Crippen LogP contribution < -0.4 is 0 Å². The van der Waals surface area contributed by atoms with Gasteiger partial charge in [0.2, 0.25) is 0 Å². The molecule has 0 unspecified atom stereocenters. The van der Waals surface area contributed by atoms with Gasteiger partial charge in [0.1, 0.15) is 5.02 Å². The standard InChI is InChI=1S/C8H5ClNO2/c1-2-6-3-4-8(10(11)12)7(9)5-6/h3-5H,1H2. The zero-order chi connectivity index (χ0) is 9.14.